The fourth-order valence-electron chi connectivity index (χ4n) is 3.49. The van der Waals surface area contributed by atoms with Gasteiger partial charge < -0.3 is 14.3 Å². The van der Waals surface area contributed by atoms with Crippen LogP contribution in [0.5, 0.6) is 11.5 Å². The maximum absolute atomic E-state index is 12.5. The molecule has 3 rings (SSSR count). The highest BCUT2D eigenvalue weighted by molar-refractivity contribution is 5.96. The van der Waals surface area contributed by atoms with Crippen molar-refractivity contribution in [3.63, 3.8) is 0 Å². The Morgan fingerprint density at radius 1 is 1.06 bits per heavy atom. The summed E-state index contributed by atoms with van der Waals surface area (Å²) in [5, 5.41) is 15.7. The lowest BCUT2D eigenvalue weighted by molar-refractivity contribution is 0.0929. The van der Waals surface area contributed by atoms with Crippen LogP contribution >= 0.6 is 0 Å². The average Bonchev–Trinajstić information content (AvgIpc) is 3.11. The molecule has 3 aromatic rings. The van der Waals surface area contributed by atoms with Crippen molar-refractivity contribution in [3.8, 4) is 11.5 Å². The smallest absolute Gasteiger partial charge is 0.307 e. The first kappa shape index (κ1) is 23.4. The second-order valence-corrected chi connectivity index (χ2v) is 9.91. The minimum Gasteiger partial charge on any atom is -0.507 e. The molecule has 0 radical (unpaired) electrons. The van der Waals surface area contributed by atoms with Crippen LogP contribution in [0.3, 0.4) is 0 Å². The fourth-order valence-corrected chi connectivity index (χ4v) is 3.49. The maximum Gasteiger partial charge on any atom is 0.307 e. The van der Waals surface area contributed by atoms with Crippen molar-refractivity contribution in [2.24, 2.45) is 5.10 Å². The number of fused-ring (bicyclic) bond motifs is 1. The minimum absolute atomic E-state index is 0.169. The molecule has 6 nitrogen and oxygen atoms in total. The second-order valence-electron chi connectivity index (χ2n) is 9.91. The average molecular weight is 437 g/mol. The summed E-state index contributed by atoms with van der Waals surface area (Å²) >= 11 is 0. The molecule has 1 aromatic heterocycles. The van der Waals surface area contributed by atoms with Gasteiger partial charge in [0, 0.05) is 16.5 Å². The first-order chi connectivity index (χ1) is 14.9. The van der Waals surface area contributed by atoms with Gasteiger partial charge in [-0.05, 0) is 59.7 Å². The van der Waals surface area contributed by atoms with Crippen LogP contribution < -0.4 is 10.2 Å². The van der Waals surface area contributed by atoms with Gasteiger partial charge in [-0.25, -0.2) is 5.43 Å². The van der Waals surface area contributed by atoms with E-state index in [1.807, 2.05) is 25.1 Å². The molecule has 0 aliphatic rings. The number of hydrogen-bond donors (Lipinski definition) is 2. The Morgan fingerprint density at radius 3 is 2.25 bits per heavy atom. The monoisotopic (exact) mass is 436 g/mol. The number of hydrazone groups is 1. The number of amides is 1. The summed E-state index contributed by atoms with van der Waals surface area (Å²) in [5.41, 5.74) is 5.10. The predicted octanol–water partition coefficient (Wildman–Crippen LogP) is 5.90. The standard InChI is InChI=1S/C26H32N2O4/c1-8-31-18-9-10-21-17(13-18)14-22(32-21)24(30)28-27-15-16-11-19(25(2,3)4)23(29)20(12-16)26(5,6)7/h9-15,29H,8H2,1-7H3,(H,28,30)/b27-15+. The number of nitrogens with zero attached hydrogens (tertiary/aromatic N) is 1. The molecule has 0 saturated carbocycles. The lowest BCUT2D eigenvalue weighted by atomic mass is 9.78. The molecule has 2 N–H and O–H groups in total. The Balaban J connectivity index is 1.83. The second kappa shape index (κ2) is 8.69. The largest absolute Gasteiger partial charge is 0.507 e. The third-order valence-corrected chi connectivity index (χ3v) is 5.15. The van der Waals surface area contributed by atoms with Crippen molar-refractivity contribution in [3.05, 3.63) is 58.8 Å². The summed E-state index contributed by atoms with van der Waals surface area (Å²) in [6.07, 6.45) is 1.58. The van der Waals surface area contributed by atoms with Crippen molar-refractivity contribution >= 4 is 23.1 Å². The third kappa shape index (κ3) is 5.13. The topological polar surface area (TPSA) is 84.1 Å². The van der Waals surface area contributed by atoms with Crippen LogP contribution in [0.1, 0.15) is 75.7 Å². The number of phenols is 1. The zero-order valence-corrected chi connectivity index (χ0v) is 19.9. The van der Waals surface area contributed by atoms with Gasteiger partial charge in [0.1, 0.15) is 17.1 Å². The van der Waals surface area contributed by atoms with Crippen molar-refractivity contribution in [2.75, 3.05) is 6.61 Å². The number of rotatable bonds is 5. The lowest BCUT2D eigenvalue weighted by Gasteiger charge is -2.27. The van der Waals surface area contributed by atoms with Gasteiger partial charge in [-0.2, -0.15) is 5.10 Å². The SMILES string of the molecule is CCOc1ccc2oc(C(=O)N/N=C/c3cc(C(C)(C)C)c(O)c(C(C)(C)C)c3)cc2c1. The van der Waals surface area contributed by atoms with Gasteiger partial charge in [0.25, 0.3) is 0 Å². The summed E-state index contributed by atoms with van der Waals surface area (Å²) < 4.78 is 11.1. The summed E-state index contributed by atoms with van der Waals surface area (Å²) in [6, 6.07) is 10.9. The van der Waals surface area contributed by atoms with E-state index in [0.29, 0.717) is 17.9 Å². The summed E-state index contributed by atoms with van der Waals surface area (Å²) in [7, 11) is 0. The Morgan fingerprint density at radius 2 is 1.69 bits per heavy atom. The quantitative estimate of drug-likeness (QED) is 0.385. The molecule has 1 amide bonds. The first-order valence-electron chi connectivity index (χ1n) is 10.8. The predicted molar refractivity (Wildman–Crippen MR) is 128 cm³/mol. The number of phenolic OH excluding ortho intramolecular Hbond substituents is 1. The molecule has 0 aliphatic carbocycles. The number of aromatic hydroxyl groups is 1. The van der Waals surface area contributed by atoms with E-state index in [0.717, 1.165) is 27.8 Å². The molecule has 0 bridgehead atoms. The number of ether oxygens (including phenoxy) is 1. The van der Waals surface area contributed by atoms with E-state index < -0.39 is 5.91 Å². The van der Waals surface area contributed by atoms with E-state index >= 15 is 0 Å². The van der Waals surface area contributed by atoms with Gasteiger partial charge in [-0.15, -0.1) is 0 Å². The zero-order valence-electron chi connectivity index (χ0n) is 19.9. The Hall–Kier alpha value is -3.28. The van der Waals surface area contributed by atoms with Crippen LogP contribution in [-0.2, 0) is 10.8 Å². The number of nitrogens with one attached hydrogen (secondary N) is 1. The summed E-state index contributed by atoms with van der Waals surface area (Å²) in [6.45, 7) is 14.8. The van der Waals surface area contributed by atoms with Crippen LogP contribution in [0.25, 0.3) is 11.0 Å². The summed E-state index contributed by atoms with van der Waals surface area (Å²) in [4.78, 5) is 12.5. The number of benzene rings is 2. The van der Waals surface area contributed by atoms with Crippen LogP contribution in [-0.4, -0.2) is 23.8 Å². The van der Waals surface area contributed by atoms with Crippen molar-refractivity contribution < 1.29 is 19.1 Å². The summed E-state index contributed by atoms with van der Waals surface area (Å²) in [5.74, 6) is 0.755. The molecule has 0 fully saturated rings. The van der Waals surface area contributed by atoms with Gasteiger partial charge >= 0.3 is 5.91 Å². The molecule has 0 spiro atoms. The molecular weight excluding hydrogens is 404 g/mol. The Bertz CT molecular complexity index is 1130. The highest BCUT2D eigenvalue weighted by Crippen LogP contribution is 2.39. The van der Waals surface area contributed by atoms with Crippen LogP contribution in [0, 0.1) is 0 Å². The van der Waals surface area contributed by atoms with Crippen molar-refractivity contribution in [1.82, 2.24) is 5.43 Å². The highest BCUT2D eigenvalue weighted by atomic mass is 16.5. The molecule has 6 heteroatoms. The van der Waals surface area contributed by atoms with Gasteiger partial charge in [-0.3, -0.25) is 4.79 Å². The molecule has 2 aromatic carbocycles. The molecule has 0 aliphatic heterocycles. The highest BCUT2D eigenvalue weighted by Gasteiger charge is 2.26. The van der Waals surface area contributed by atoms with E-state index in [4.69, 9.17) is 9.15 Å². The lowest BCUT2D eigenvalue weighted by Crippen LogP contribution is -2.19. The van der Waals surface area contributed by atoms with Gasteiger partial charge in [0.15, 0.2) is 5.76 Å². The third-order valence-electron chi connectivity index (χ3n) is 5.15. The Kier molecular flexibility index (Phi) is 6.35. The van der Waals surface area contributed by atoms with Crippen LogP contribution in [0.4, 0.5) is 0 Å². The van der Waals surface area contributed by atoms with Gasteiger partial charge in [0.05, 0.1) is 12.8 Å². The van der Waals surface area contributed by atoms with Crippen LogP contribution in [0.15, 0.2) is 45.9 Å². The van der Waals surface area contributed by atoms with E-state index in [1.54, 1.807) is 24.4 Å². The molecule has 0 atom stereocenters. The van der Waals surface area contributed by atoms with Gasteiger partial charge in [0.2, 0.25) is 0 Å². The van der Waals surface area contributed by atoms with Crippen molar-refractivity contribution in [1.29, 1.82) is 0 Å². The number of furan rings is 1. The minimum atomic E-state index is -0.443. The van der Waals surface area contributed by atoms with Gasteiger partial charge in [-0.1, -0.05) is 41.5 Å². The molecule has 1 heterocycles. The first-order valence-corrected chi connectivity index (χ1v) is 10.8. The fraction of sp³-hybridized carbons (Fsp3) is 0.385. The maximum atomic E-state index is 12.5. The normalized spacial score (nSPS) is 12.5. The Labute approximate surface area is 189 Å². The molecule has 170 valence electrons. The molecule has 0 saturated heterocycles. The number of carbonyl (C=O) groups excluding carboxylic acids is 1. The van der Waals surface area contributed by atoms with E-state index in [-0.39, 0.29) is 16.6 Å². The van der Waals surface area contributed by atoms with Crippen LogP contribution in [0.2, 0.25) is 0 Å². The molecular formula is C26H32N2O4. The molecule has 32 heavy (non-hydrogen) atoms. The van der Waals surface area contributed by atoms with E-state index in [1.165, 1.54) is 0 Å². The zero-order chi connectivity index (χ0) is 23.7. The van der Waals surface area contributed by atoms with E-state index in [2.05, 4.69) is 52.1 Å². The number of carbonyl (C=O) groups is 1. The number of hydrogen-bond acceptors (Lipinski definition) is 5. The van der Waals surface area contributed by atoms with E-state index in [9.17, 15) is 9.90 Å². The molecule has 0 unspecified atom stereocenters. The van der Waals surface area contributed by atoms with Crippen molar-refractivity contribution in [2.45, 2.75) is 59.3 Å².